The van der Waals surface area contributed by atoms with Crippen LogP contribution in [0.4, 0.5) is 5.69 Å². The highest BCUT2D eigenvalue weighted by Gasteiger charge is 2.37. The minimum Gasteiger partial charge on any atom is -0.378 e. The monoisotopic (exact) mass is 262 g/mol. The van der Waals surface area contributed by atoms with Crippen LogP contribution in [0.1, 0.15) is 31.2 Å². The molecule has 0 atom stereocenters. The lowest BCUT2D eigenvalue weighted by atomic mass is 10.2. The van der Waals surface area contributed by atoms with Crippen molar-refractivity contribution in [3.63, 3.8) is 0 Å². The molecule has 3 nitrogen and oxygen atoms in total. The summed E-state index contributed by atoms with van der Waals surface area (Å²) in [5.41, 5.74) is 2.70. The molecular weight excluding hydrogens is 236 g/mol. The zero-order valence-corrected chi connectivity index (χ0v) is 12.4. The maximum Gasteiger partial charge on any atom is 0.119 e. The van der Waals surface area contributed by atoms with Crippen LogP contribution >= 0.6 is 0 Å². The molecule has 1 N–H and O–H groups in total. The fourth-order valence-corrected chi connectivity index (χ4v) is 2.69. The maximum absolute atomic E-state index is 5.59. The number of hydrogen-bond donors (Lipinski definition) is 1. The average molecular weight is 262 g/mol. The Kier molecular flexibility index (Phi) is 4.83. The third-order valence-electron chi connectivity index (χ3n) is 3.89. The maximum atomic E-state index is 5.59. The average Bonchev–Trinajstić information content (AvgIpc) is 3.04. The van der Waals surface area contributed by atoms with Gasteiger partial charge in [-0.1, -0.05) is 17.7 Å². The zero-order chi connectivity index (χ0) is 13.7. The van der Waals surface area contributed by atoms with Crippen LogP contribution in [0.5, 0.6) is 0 Å². The summed E-state index contributed by atoms with van der Waals surface area (Å²) >= 11 is 0. The smallest absolute Gasteiger partial charge is 0.119 e. The quantitative estimate of drug-likeness (QED) is 0.842. The van der Waals surface area contributed by atoms with Gasteiger partial charge in [0.15, 0.2) is 0 Å². The van der Waals surface area contributed by atoms with E-state index in [2.05, 4.69) is 41.4 Å². The molecule has 0 amide bonds. The van der Waals surface area contributed by atoms with E-state index in [1.807, 2.05) is 14.1 Å². The van der Waals surface area contributed by atoms with E-state index in [1.54, 1.807) is 0 Å². The Balaban J connectivity index is 0.000000141. The highest BCUT2D eigenvalue weighted by molar-refractivity contribution is 5.45. The van der Waals surface area contributed by atoms with Crippen molar-refractivity contribution in [2.24, 2.45) is 0 Å². The second kappa shape index (κ2) is 6.40. The summed E-state index contributed by atoms with van der Waals surface area (Å²) in [6.45, 7) is 4.07. The fraction of sp³-hybridized carbons (Fsp3) is 0.625. The molecule has 0 radical (unpaired) electrons. The van der Waals surface area contributed by atoms with Crippen LogP contribution < -0.4 is 10.2 Å². The lowest BCUT2D eigenvalue weighted by Gasteiger charge is -2.21. The first-order valence-corrected chi connectivity index (χ1v) is 7.24. The van der Waals surface area contributed by atoms with Crippen molar-refractivity contribution in [3.8, 4) is 0 Å². The molecule has 1 heterocycles. The minimum absolute atomic E-state index is 0.139. The third-order valence-corrected chi connectivity index (χ3v) is 3.89. The van der Waals surface area contributed by atoms with E-state index in [0.29, 0.717) is 0 Å². The molecule has 1 aliphatic heterocycles. The van der Waals surface area contributed by atoms with Gasteiger partial charge >= 0.3 is 0 Å². The molecule has 1 aliphatic carbocycles. The van der Waals surface area contributed by atoms with Crippen LogP contribution in [0.3, 0.4) is 0 Å². The van der Waals surface area contributed by atoms with Gasteiger partial charge in [0.2, 0.25) is 0 Å². The van der Waals surface area contributed by atoms with Crippen molar-refractivity contribution in [2.45, 2.75) is 38.3 Å². The Bertz CT molecular complexity index is 357. The van der Waals surface area contributed by atoms with Crippen LogP contribution in [0.15, 0.2) is 24.3 Å². The third kappa shape index (κ3) is 3.95. The van der Waals surface area contributed by atoms with Crippen molar-refractivity contribution < 1.29 is 4.74 Å². The van der Waals surface area contributed by atoms with Gasteiger partial charge < -0.3 is 9.64 Å². The number of hydrogen-bond acceptors (Lipinski definition) is 3. The van der Waals surface area contributed by atoms with Gasteiger partial charge in [0.25, 0.3) is 0 Å². The molecule has 0 unspecified atom stereocenters. The molecule has 106 valence electrons. The van der Waals surface area contributed by atoms with Crippen molar-refractivity contribution in [2.75, 3.05) is 32.1 Å². The molecule has 3 rings (SSSR count). The Labute approximate surface area is 116 Å². The summed E-state index contributed by atoms with van der Waals surface area (Å²) in [5.74, 6) is 0. The van der Waals surface area contributed by atoms with Gasteiger partial charge in [0, 0.05) is 26.3 Å². The summed E-state index contributed by atoms with van der Waals surface area (Å²) in [6.07, 6.45) is 5.14. The molecule has 0 aromatic heterocycles. The normalized spacial score (nSPS) is 20.2. The largest absolute Gasteiger partial charge is 0.378 e. The van der Waals surface area contributed by atoms with Gasteiger partial charge in [-0.15, -0.1) is 0 Å². The van der Waals surface area contributed by atoms with Crippen LogP contribution in [-0.2, 0) is 4.74 Å². The summed E-state index contributed by atoms with van der Waals surface area (Å²) < 4.78 is 5.59. The van der Waals surface area contributed by atoms with Crippen LogP contribution in [0.25, 0.3) is 0 Å². The topological polar surface area (TPSA) is 24.5 Å². The minimum atomic E-state index is 0.139. The first-order valence-electron chi connectivity index (χ1n) is 7.24. The molecule has 19 heavy (non-hydrogen) atoms. The molecular formula is C16H26N2O. The van der Waals surface area contributed by atoms with Gasteiger partial charge in [-0.3, -0.25) is 5.32 Å². The Hall–Kier alpha value is -1.06. The van der Waals surface area contributed by atoms with Gasteiger partial charge in [0.1, 0.15) is 5.72 Å². The van der Waals surface area contributed by atoms with E-state index in [9.17, 15) is 0 Å². The lowest BCUT2D eigenvalue weighted by Crippen LogP contribution is -2.37. The Morgan fingerprint density at radius 1 is 1.11 bits per heavy atom. The Morgan fingerprint density at radius 3 is 2.21 bits per heavy atom. The zero-order valence-electron chi connectivity index (χ0n) is 12.4. The number of rotatable bonds is 1. The summed E-state index contributed by atoms with van der Waals surface area (Å²) in [4.78, 5) is 2.10. The Morgan fingerprint density at radius 2 is 1.74 bits per heavy atom. The highest BCUT2D eigenvalue weighted by Crippen LogP contribution is 2.32. The molecule has 1 spiro atoms. The lowest BCUT2D eigenvalue weighted by molar-refractivity contribution is -0.00349. The molecule has 1 saturated carbocycles. The number of aryl methyl sites for hydroxylation is 1. The van der Waals surface area contributed by atoms with E-state index in [0.717, 1.165) is 13.2 Å². The molecule has 1 aromatic rings. The van der Waals surface area contributed by atoms with Crippen molar-refractivity contribution in [3.05, 3.63) is 29.8 Å². The first-order chi connectivity index (χ1) is 9.11. The second-order valence-corrected chi connectivity index (χ2v) is 5.71. The van der Waals surface area contributed by atoms with Gasteiger partial charge in [0.05, 0.1) is 6.61 Å². The fourth-order valence-electron chi connectivity index (χ4n) is 2.69. The van der Waals surface area contributed by atoms with Crippen molar-refractivity contribution in [1.29, 1.82) is 0 Å². The van der Waals surface area contributed by atoms with E-state index in [4.69, 9.17) is 4.74 Å². The number of benzene rings is 1. The van der Waals surface area contributed by atoms with E-state index >= 15 is 0 Å². The standard InChI is InChI=1S/C9H13N.C7H13NO/c1-8-4-6-9(7-5-8)10(2)3;1-2-4-7(3-1)8-5-6-9-7/h4-7H,1-3H3;8H,1-6H2. The molecule has 0 bridgehead atoms. The summed E-state index contributed by atoms with van der Waals surface area (Å²) in [5, 5.41) is 3.41. The predicted octanol–water partition coefficient (Wildman–Crippen LogP) is 2.94. The molecule has 2 fully saturated rings. The van der Waals surface area contributed by atoms with E-state index < -0.39 is 0 Å². The van der Waals surface area contributed by atoms with Gasteiger partial charge in [-0.25, -0.2) is 0 Å². The van der Waals surface area contributed by atoms with Gasteiger partial charge in [-0.2, -0.15) is 0 Å². The van der Waals surface area contributed by atoms with E-state index in [-0.39, 0.29) is 5.72 Å². The van der Waals surface area contributed by atoms with Crippen molar-refractivity contribution in [1.82, 2.24) is 5.32 Å². The molecule has 1 aromatic carbocycles. The number of ether oxygens (including phenoxy) is 1. The summed E-state index contributed by atoms with van der Waals surface area (Å²) in [6, 6.07) is 8.48. The first kappa shape index (κ1) is 14.4. The number of nitrogens with zero attached hydrogens (tertiary/aromatic N) is 1. The van der Waals surface area contributed by atoms with Crippen LogP contribution in [-0.4, -0.2) is 33.0 Å². The van der Waals surface area contributed by atoms with Gasteiger partial charge in [-0.05, 0) is 44.7 Å². The van der Waals surface area contributed by atoms with Crippen LogP contribution in [0, 0.1) is 6.92 Å². The molecule has 1 saturated heterocycles. The van der Waals surface area contributed by atoms with Crippen molar-refractivity contribution >= 4 is 5.69 Å². The molecule has 3 heteroatoms. The second-order valence-electron chi connectivity index (χ2n) is 5.71. The number of nitrogens with one attached hydrogen (secondary N) is 1. The van der Waals surface area contributed by atoms with Crippen LogP contribution in [0.2, 0.25) is 0 Å². The SMILES string of the molecule is C1CCC2(C1)NCCO2.Cc1ccc(N(C)C)cc1. The number of anilines is 1. The van der Waals surface area contributed by atoms with E-state index in [1.165, 1.54) is 36.9 Å². The predicted molar refractivity (Wildman–Crippen MR) is 80.7 cm³/mol. The highest BCUT2D eigenvalue weighted by atomic mass is 16.5. The summed E-state index contributed by atoms with van der Waals surface area (Å²) in [7, 11) is 4.09. The molecule has 2 aliphatic rings.